The molecule has 0 amide bonds. The summed E-state index contributed by atoms with van der Waals surface area (Å²) in [5, 5.41) is 0. The molecule has 2 atom stereocenters. The maximum Gasteiger partial charge on any atom is 0.125 e. The van der Waals surface area contributed by atoms with Gasteiger partial charge in [-0.15, -0.1) is 30.6 Å². The maximum absolute atomic E-state index is 3.91. The van der Waals surface area contributed by atoms with Crippen molar-refractivity contribution in [2.75, 3.05) is 0 Å². The van der Waals surface area contributed by atoms with E-state index in [-0.39, 0.29) is 0 Å². The first-order valence-corrected chi connectivity index (χ1v) is 14.1. The lowest BCUT2D eigenvalue weighted by molar-refractivity contribution is 1.01. The average molecular weight is 302 g/mol. The van der Waals surface area contributed by atoms with Crippen LogP contribution in [-0.2, 0) is 0 Å². The van der Waals surface area contributed by atoms with Gasteiger partial charge in [-0.1, -0.05) is 19.5 Å². The number of hydrogen-bond donors (Lipinski definition) is 0. The summed E-state index contributed by atoms with van der Waals surface area (Å²) < 4.78 is 0. The van der Waals surface area contributed by atoms with Crippen LogP contribution in [-0.4, -0.2) is 13.4 Å². The van der Waals surface area contributed by atoms with Crippen LogP contribution < -0.4 is 0 Å². The molecule has 0 radical (unpaired) electrons. The second-order valence-corrected chi connectivity index (χ2v) is 23.4. The van der Waals surface area contributed by atoms with E-state index in [9.17, 15) is 0 Å². The van der Waals surface area contributed by atoms with E-state index >= 15 is 0 Å². The number of rotatable bonds is 0. The van der Waals surface area contributed by atoms with Crippen LogP contribution in [0.1, 0.15) is 6.42 Å². The molecule has 0 saturated carbocycles. The Bertz CT molecular complexity index is 120. The maximum atomic E-state index is 3.91. The van der Waals surface area contributed by atoms with E-state index in [1.165, 1.54) is 24.2 Å². The van der Waals surface area contributed by atoms with E-state index in [4.69, 9.17) is 0 Å². The fourth-order valence-corrected chi connectivity index (χ4v) is 27.7. The summed E-state index contributed by atoms with van der Waals surface area (Å²) in [5.74, 6) is 0. The highest BCUT2D eigenvalue weighted by atomic mass is 79.9. The third kappa shape index (κ3) is 2.79. The topological polar surface area (TPSA) is 0 Å². The summed E-state index contributed by atoms with van der Waals surface area (Å²) in [6, 6.07) is 2.97. The summed E-state index contributed by atoms with van der Waals surface area (Å²) in [5.41, 5.74) is 1.51. The van der Waals surface area contributed by atoms with Crippen molar-refractivity contribution in [3.8, 4) is 0 Å². The molecule has 1 aliphatic heterocycles. The Kier molecular flexibility index (Phi) is 2.87. The predicted molar refractivity (Wildman–Crippen MR) is 60.1 cm³/mol. The molecule has 0 aromatic heterocycles. The molecule has 0 aliphatic carbocycles. The molecule has 0 nitrogen and oxygen atoms in total. The van der Waals surface area contributed by atoms with E-state index in [0.29, 0.717) is 0 Å². The molecule has 1 fully saturated rings. The fourth-order valence-electron chi connectivity index (χ4n) is 1.77. The van der Waals surface area contributed by atoms with E-state index in [2.05, 4.69) is 43.7 Å². The van der Waals surface area contributed by atoms with Gasteiger partial charge in [0.2, 0.25) is 0 Å². The Morgan fingerprint density at radius 1 is 1.00 bits per heavy atom. The second kappa shape index (κ2) is 3.03. The Hall–Kier alpha value is 1.39. The molecule has 60 valence electrons. The third-order valence-corrected chi connectivity index (χ3v) is 18.2. The first kappa shape index (κ1) is 9.48. The summed E-state index contributed by atoms with van der Waals surface area (Å²) in [7, 11) is 0. The normalized spacial score (nSPS) is 49.2. The van der Waals surface area contributed by atoms with Gasteiger partial charge < -0.3 is 0 Å². The van der Waals surface area contributed by atoms with E-state index in [0.717, 1.165) is 0 Å². The molecule has 0 bridgehead atoms. The molecular formula is C6H14Br2Si2. The minimum Gasteiger partial charge on any atom is -0.127 e. The van der Waals surface area contributed by atoms with Gasteiger partial charge in [-0.25, -0.2) is 0 Å². The average Bonchev–Trinajstić information content (AvgIpc) is 1.56. The number of halogens is 2. The van der Waals surface area contributed by atoms with Crippen molar-refractivity contribution < 1.29 is 0 Å². The van der Waals surface area contributed by atoms with Crippen molar-refractivity contribution in [2.24, 2.45) is 0 Å². The van der Waals surface area contributed by atoms with Gasteiger partial charge in [0.15, 0.2) is 0 Å². The Labute approximate surface area is 81.0 Å². The van der Waals surface area contributed by atoms with Gasteiger partial charge in [0.1, 0.15) is 13.4 Å². The van der Waals surface area contributed by atoms with E-state index in [1.807, 2.05) is 0 Å². The molecule has 0 spiro atoms. The van der Waals surface area contributed by atoms with Crippen molar-refractivity contribution in [3.05, 3.63) is 0 Å². The smallest absolute Gasteiger partial charge is 0.125 e. The van der Waals surface area contributed by atoms with Gasteiger partial charge in [-0.05, 0) is 17.8 Å². The van der Waals surface area contributed by atoms with Crippen LogP contribution in [0.4, 0.5) is 0 Å². The lowest BCUT2D eigenvalue weighted by Crippen LogP contribution is -2.39. The van der Waals surface area contributed by atoms with Gasteiger partial charge in [-0.3, -0.25) is 0 Å². The Balaban J connectivity index is 2.56. The third-order valence-electron chi connectivity index (χ3n) is 2.13. The van der Waals surface area contributed by atoms with Crippen LogP contribution in [0.25, 0.3) is 0 Å². The second-order valence-electron chi connectivity index (χ2n) is 3.86. The van der Waals surface area contributed by atoms with Crippen LogP contribution >= 0.6 is 30.6 Å². The van der Waals surface area contributed by atoms with E-state index in [1.54, 1.807) is 0 Å². The number of hydrogen-bond acceptors (Lipinski definition) is 0. The van der Waals surface area contributed by atoms with Crippen LogP contribution in [0.15, 0.2) is 0 Å². The van der Waals surface area contributed by atoms with E-state index < -0.39 is 13.4 Å². The monoisotopic (exact) mass is 300 g/mol. The lowest BCUT2D eigenvalue weighted by atomic mass is 10.6. The largest absolute Gasteiger partial charge is 0.127 e. The molecule has 1 heterocycles. The minimum absolute atomic E-state index is 0.899. The summed E-state index contributed by atoms with van der Waals surface area (Å²) in [6.07, 6.45) is 1.46. The molecule has 0 aromatic rings. The highest BCUT2D eigenvalue weighted by Crippen LogP contribution is 2.41. The highest BCUT2D eigenvalue weighted by molar-refractivity contribution is 9.27. The minimum atomic E-state index is -0.899. The van der Waals surface area contributed by atoms with Crippen molar-refractivity contribution in [2.45, 2.75) is 37.3 Å². The first-order valence-electron chi connectivity index (χ1n) is 3.79. The van der Waals surface area contributed by atoms with Crippen LogP contribution in [0, 0.1) is 0 Å². The molecule has 0 aromatic carbocycles. The zero-order chi connectivity index (χ0) is 7.83. The SMILES string of the molecule is C[Si]1(Br)CCC[Si](C)(Br)C1. The Morgan fingerprint density at radius 2 is 1.40 bits per heavy atom. The van der Waals surface area contributed by atoms with Gasteiger partial charge in [-0.2, -0.15) is 0 Å². The van der Waals surface area contributed by atoms with Crippen molar-refractivity contribution in [1.29, 1.82) is 0 Å². The van der Waals surface area contributed by atoms with Gasteiger partial charge in [0.05, 0.1) is 0 Å². The van der Waals surface area contributed by atoms with Crippen LogP contribution in [0.3, 0.4) is 0 Å². The molecule has 4 heteroatoms. The van der Waals surface area contributed by atoms with Gasteiger partial charge >= 0.3 is 0 Å². The molecule has 1 saturated heterocycles. The standard InChI is InChI=1S/C6H14Br2Si2/c1-9(7)4-3-5-10(2,8)6-9/h3-6H2,1-2H3. The molecule has 1 aliphatic rings. The molecule has 1 rings (SSSR count). The van der Waals surface area contributed by atoms with Crippen molar-refractivity contribution >= 4 is 44.0 Å². The van der Waals surface area contributed by atoms with Gasteiger partial charge in [0, 0.05) is 0 Å². The zero-order valence-corrected chi connectivity index (χ0v) is 11.8. The highest BCUT2D eigenvalue weighted by Gasteiger charge is 2.39. The lowest BCUT2D eigenvalue weighted by Gasteiger charge is -2.34. The summed E-state index contributed by atoms with van der Waals surface area (Å²) >= 11 is 7.82. The summed E-state index contributed by atoms with van der Waals surface area (Å²) in [6.45, 7) is 3.12. The van der Waals surface area contributed by atoms with Gasteiger partial charge in [0.25, 0.3) is 0 Å². The first-order chi connectivity index (χ1) is 4.41. The van der Waals surface area contributed by atoms with Crippen molar-refractivity contribution in [3.63, 3.8) is 0 Å². The fraction of sp³-hybridized carbons (Fsp3) is 1.00. The molecule has 2 unspecified atom stereocenters. The van der Waals surface area contributed by atoms with Crippen LogP contribution in [0.2, 0.25) is 30.8 Å². The quantitative estimate of drug-likeness (QED) is 0.471. The van der Waals surface area contributed by atoms with Crippen LogP contribution in [0.5, 0.6) is 0 Å². The zero-order valence-electron chi connectivity index (χ0n) is 6.58. The Morgan fingerprint density at radius 3 is 1.60 bits per heavy atom. The summed E-state index contributed by atoms with van der Waals surface area (Å²) in [4.78, 5) is 0. The predicted octanol–water partition coefficient (Wildman–Crippen LogP) is 3.87. The van der Waals surface area contributed by atoms with Crippen molar-refractivity contribution in [1.82, 2.24) is 0 Å². The molecule has 0 N–H and O–H groups in total. The molecule has 10 heavy (non-hydrogen) atoms. The molecular weight excluding hydrogens is 288 g/mol.